The van der Waals surface area contributed by atoms with Crippen molar-refractivity contribution in [2.45, 2.75) is 6.18 Å². The summed E-state index contributed by atoms with van der Waals surface area (Å²) in [6, 6.07) is 13.1. The second-order valence-electron chi connectivity index (χ2n) is 4.86. The van der Waals surface area contributed by atoms with E-state index in [4.69, 9.17) is 10.5 Å². The number of halogens is 3. The number of ether oxygens (including phenoxy) is 1. The van der Waals surface area contributed by atoms with Gasteiger partial charge in [-0.25, -0.2) is 0 Å². The fourth-order valence-electron chi connectivity index (χ4n) is 2.00. The van der Waals surface area contributed by atoms with E-state index in [1.807, 2.05) is 42.3 Å². The summed E-state index contributed by atoms with van der Waals surface area (Å²) in [7, 11) is 1.85. The van der Waals surface area contributed by atoms with Gasteiger partial charge in [-0.2, -0.15) is 13.2 Å². The number of rotatable bonds is 5. The molecule has 0 unspecified atom stereocenters. The number of nitrogen functional groups attached to an aromatic ring is 1. The van der Waals surface area contributed by atoms with E-state index < -0.39 is 11.7 Å². The first-order valence-corrected chi connectivity index (χ1v) is 6.73. The molecule has 0 saturated heterocycles. The first-order chi connectivity index (χ1) is 10.4. The Morgan fingerprint density at radius 1 is 1.09 bits per heavy atom. The Bertz CT molecular complexity index is 615. The van der Waals surface area contributed by atoms with E-state index in [9.17, 15) is 13.2 Å². The quantitative estimate of drug-likeness (QED) is 0.854. The Labute approximate surface area is 127 Å². The van der Waals surface area contributed by atoms with Crippen LogP contribution in [0.5, 0.6) is 5.75 Å². The van der Waals surface area contributed by atoms with Crippen LogP contribution in [0.4, 0.5) is 24.5 Å². The van der Waals surface area contributed by atoms with E-state index in [0.29, 0.717) is 6.54 Å². The van der Waals surface area contributed by atoms with Crippen molar-refractivity contribution in [2.75, 3.05) is 30.8 Å². The highest BCUT2D eigenvalue weighted by Crippen LogP contribution is 2.37. The lowest BCUT2D eigenvalue weighted by atomic mass is 10.1. The third-order valence-corrected chi connectivity index (χ3v) is 3.19. The molecule has 0 aliphatic heterocycles. The van der Waals surface area contributed by atoms with Crippen molar-refractivity contribution in [3.05, 3.63) is 54.1 Å². The molecule has 0 heterocycles. The molecule has 0 radical (unpaired) electrons. The van der Waals surface area contributed by atoms with Gasteiger partial charge in [0, 0.05) is 18.4 Å². The van der Waals surface area contributed by atoms with Crippen LogP contribution in [0, 0.1) is 0 Å². The predicted molar refractivity (Wildman–Crippen MR) is 81.1 cm³/mol. The molecule has 0 bridgehead atoms. The molecule has 0 aliphatic carbocycles. The molecular formula is C16H17F3N2O. The van der Waals surface area contributed by atoms with Gasteiger partial charge >= 0.3 is 6.18 Å². The fourth-order valence-corrected chi connectivity index (χ4v) is 2.00. The van der Waals surface area contributed by atoms with Crippen LogP contribution in [0.3, 0.4) is 0 Å². The topological polar surface area (TPSA) is 38.5 Å². The summed E-state index contributed by atoms with van der Waals surface area (Å²) in [5, 5.41) is 0. The van der Waals surface area contributed by atoms with E-state index in [1.54, 1.807) is 0 Å². The van der Waals surface area contributed by atoms with Crippen LogP contribution < -0.4 is 15.4 Å². The van der Waals surface area contributed by atoms with E-state index in [2.05, 4.69) is 0 Å². The summed E-state index contributed by atoms with van der Waals surface area (Å²) in [6.45, 7) is 0.601. The van der Waals surface area contributed by atoms with Crippen LogP contribution in [0.25, 0.3) is 0 Å². The zero-order valence-electron chi connectivity index (χ0n) is 12.1. The minimum atomic E-state index is -4.49. The molecular weight excluding hydrogens is 293 g/mol. The molecule has 0 amide bonds. The van der Waals surface area contributed by atoms with Crippen molar-refractivity contribution in [3.8, 4) is 5.75 Å². The van der Waals surface area contributed by atoms with Gasteiger partial charge in [-0.05, 0) is 30.3 Å². The number of likely N-dealkylation sites (N-methyl/N-ethyl adjacent to an activating group) is 1. The summed E-state index contributed by atoms with van der Waals surface area (Å²) in [6.07, 6.45) is -4.49. The van der Waals surface area contributed by atoms with Crippen LogP contribution in [0.2, 0.25) is 0 Å². The first kappa shape index (κ1) is 16.0. The highest BCUT2D eigenvalue weighted by molar-refractivity contribution is 5.49. The Morgan fingerprint density at radius 3 is 2.41 bits per heavy atom. The van der Waals surface area contributed by atoms with Crippen LogP contribution in [-0.4, -0.2) is 20.2 Å². The molecule has 0 spiro atoms. The molecule has 6 heteroatoms. The number of hydrogen-bond donors (Lipinski definition) is 1. The van der Waals surface area contributed by atoms with E-state index >= 15 is 0 Å². The van der Waals surface area contributed by atoms with Gasteiger partial charge in [0.25, 0.3) is 0 Å². The summed E-state index contributed by atoms with van der Waals surface area (Å²) in [5.41, 5.74) is 5.59. The Kier molecular flexibility index (Phi) is 4.80. The summed E-state index contributed by atoms with van der Waals surface area (Å²) < 4.78 is 44.1. The van der Waals surface area contributed by atoms with E-state index in [-0.39, 0.29) is 18.0 Å². The maximum Gasteiger partial charge on any atom is 0.420 e. The maximum atomic E-state index is 12.9. The number of nitrogens with zero attached hydrogens (tertiary/aromatic N) is 1. The van der Waals surface area contributed by atoms with Gasteiger partial charge in [-0.3, -0.25) is 0 Å². The smallest absolute Gasteiger partial charge is 0.420 e. The average Bonchev–Trinajstić information content (AvgIpc) is 2.48. The molecule has 0 aliphatic rings. The number of nitrogens with two attached hydrogens (primary N) is 1. The zero-order chi connectivity index (χ0) is 16.2. The number of para-hydroxylation sites is 1. The molecule has 0 saturated carbocycles. The zero-order valence-corrected chi connectivity index (χ0v) is 12.1. The van der Waals surface area contributed by atoms with Gasteiger partial charge in [0.1, 0.15) is 12.4 Å². The van der Waals surface area contributed by atoms with Crippen LogP contribution in [0.15, 0.2) is 48.5 Å². The molecule has 22 heavy (non-hydrogen) atoms. The molecule has 2 N–H and O–H groups in total. The Hall–Kier alpha value is -2.37. The number of hydrogen-bond acceptors (Lipinski definition) is 3. The monoisotopic (exact) mass is 310 g/mol. The maximum absolute atomic E-state index is 12.9. The van der Waals surface area contributed by atoms with Gasteiger partial charge in [0.2, 0.25) is 0 Å². The van der Waals surface area contributed by atoms with Crippen LogP contribution in [-0.2, 0) is 6.18 Å². The fraction of sp³-hybridized carbons (Fsp3) is 0.250. The molecule has 0 aromatic heterocycles. The van der Waals surface area contributed by atoms with Crippen LogP contribution >= 0.6 is 0 Å². The minimum Gasteiger partial charge on any atom is -0.491 e. The van der Waals surface area contributed by atoms with E-state index in [0.717, 1.165) is 11.8 Å². The standard InChI is InChI=1S/C16H17F3N2O/c1-21(13-5-3-2-4-6-13)9-10-22-15-8-7-12(20)11-14(15)16(17,18)19/h2-8,11H,9-10,20H2,1H3. The van der Waals surface area contributed by atoms with Gasteiger partial charge < -0.3 is 15.4 Å². The van der Waals surface area contributed by atoms with Crippen molar-refractivity contribution in [2.24, 2.45) is 0 Å². The largest absolute Gasteiger partial charge is 0.491 e. The van der Waals surface area contributed by atoms with Crippen LogP contribution in [0.1, 0.15) is 5.56 Å². The highest BCUT2D eigenvalue weighted by atomic mass is 19.4. The van der Waals surface area contributed by atoms with Gasteiger partial charge in [0.15, 0.2) is 0 Å². The Morgan fingerprint density at radius 2 is 1.77 bits per heavy atom. The van der Waals surface area contributed by atoms with Crippen molar-refractivity contribution < 1.29 is 17.9 Å². The third-order valence-electron chi connectivity index (χ3n) is 3.19. The molecule has 0 atom stereocenters. The lowest BCUT2D eigenvalue weighted by molar-refractivity contribution is -0.138. The van der Waals surface area contributed by atoms with Gasteiger partial charge in [0.05, 0.1) is 12.1 Å². The van der Waals surface area contributed by atoms with E-state index in [1.165, 1.54) is 12.1 Å². The number of anilines is 2. The lowest BCUT2D eigenvalue weighted by Crippen LogP contribution is -2.24. The number of alkyl halides is 3. The predicted octanol–water partition coefficient (Wildman–Crippen LogP) is 3.80. The first-order valence-electron chi connectivity index (χ1n) is 6.73. The number of benzene rings is 2. The van der Waals surface area contributed by atoms with Gasteiger partial charge in [-0.1, -0.05) is 18.2 Å². The molecule has 118 valence electrons. The molecule has 2 aromatic carbocycles. The third kappa shape index (κ3) is 4.07. The van der Waals surface area contributed by atoms with Crippen molar-refractivity contribution in [1.29, 1.82) is 0 Å². The van der Waals surface area contributed by atoms with Crippen molar-refractivity contribution in [1.82, 2.24) is 0 Å². The minimum absolute atomic E-state index is 0.0566. The molecule has 2 rings (SSSR count). The molecule has 0 fully saturated rings. The normalized spacial score (nSPS) is 11.3. The van der Waals surface area contributed by atoms with Crippen molar-refractivity contribution in [3.63, 3.8) is 0 Å². The second-order valence-corrected chi connectivity index (χ2v) is 4.86. The Balaban J connectivity index is 2.00. The molecule has 2 aromatic rings. The summed E-state index contributed by atoms with van der Waals surface area (Å²) in [4.78, 5) is 1.91. The lowest BCUT2D eigenvalue weighted by Gasteiger charge is -2.20. The highest BCUT2D eigenvalue weighted by Gasteiger charge is 2.34. The SMILES string of the molecule is CN(CCOc1ccc(N)cc1C(F)(F)F)c1ccccc1. The second kappa shape index (κ2) is 6.60. The summed E-state index contributed by atoms with van der Waals surface area (Å²) in [5.74, 6) is -0.205. The molecule has 3 nitrogen and oxygen atoms in total. The summed E-state index contributed by atoms with van der Waals surface area (Å²) >= 11 is 0. The van der Waals surface area contributed by atoms with Crippen molar-refractivity contribution >= 4 is 11.4 Å². The van der Waals surface area contributed by atoms with Gasteiger partial charge in [-0.15, -0.1) is 0 Å². The average molecular weight is 310 g/mol.